The third-order valence-corrected chi connectivity index (χ3v) is 5.45. The zero-order valence-corrected chi connectivity index (χ0v) is 13.3. The van der Waals surface area contributed by atoms with Crippen molar-refractivity contribution in [1.29, 1.82) is 5.26 Å². The molecular formula is C15H21N3O2S. The van der Waals surface area contributed by atoms with Gasteiger partial charge >= 0.3 is 5.97 Å². The van der Waals surface area contributed by atoms with Crippen LogP contribution >= 0.6 is 11.3 Å². The summed E-state index contributed by atoms with van der Waals surface area (Å²) in [4.78, 5) is 12.2. The Morgan fingerprint density at radius 2 is 2.24 bits per heavy atom. The van der Waals surface area contributed by atoms with Gasteiger partial charge < -0.3 is 15.8 Å². The fourth-order valence-electron chi connectivity index (χ4n) is 2.63. The van der Waals surface area contributed by atoms with Crippen LogP contribution in [0.15, 0.2) is 0 Å². The first-order valence-electron chi connectivity index (χ1n) is 7.30. The molecule has 0 aromatic carbocycles. The van der Waals surface area contributed by atoms with Gasteiger partial charge in [0.1, 0.15) is 21.5 Å². The van der Waals surface area contributed by atoms with Crippen molar-refractivity contribution in [1.82, 2.24) is 0 Å². The highest BCUT2D eigenvalue weighted by atomic mass is 32.1. The van der Waals surface area contributed by atoms with E-state index in [9.17, 15) is 10.1 Å². The van der Waals surface area contributed by atoms with E-state index in [-0.39, 0.29) is 5.69 Å². The fraction of sp³-hybridized carbons (Fsp3) is 0.600. The summed E-state index contributed by atoms with van der Waals surface area (Å²) in [6.45, 7) is 5.05. The van der Waals surface area contributed by atoms with Gasteiger partial charge in [0.05, 0.1) is 12.3 Å². The van der Waals surface area contributed by atoms with Crippen molar-refractivity contribution in [3.63, 3.8) is 0 Å². The van der Waals surface area contributed by atoms with Crippen molar-refractivity contribution in [2.24, 2.45) is 5.41 Å². The van der Waals surface area contributed by atoms with E-state index in [1.165, 1.54) is 30.6 Å². The Balaban J connectivity index is 2.17. The zero-order chi connectivity index (χ0) is 15.5. The molecule has 6 heteroatoms. The first-order chi connectivity index (χ1) is 10.1. The maximum absolute atomic E-state index is 11.8. The fourth-order valence-corrected chi connectivity index (χ4v) is 3.59. The van der Waals surface area contributed by atoms with Crippen LogP contribution < -0.4 is 11.1 Å². The molecule has 0 radical (unpaired) electrons. The second-order valence-corrected chi connectivity index (χ2v) is 6.46. The number of esters is 1. The first-order valence-corrected chi connectivity index (χ1v) is 8.12. The summed E-state index contributed by atoms with van der Waals surface area (Å²) in [6.07, 6.45) is 4.81. The van der Waals surface area contributed by atoms with Gasteiger partial charge in [0.2, 0.25) is 0 Å². The lowest BCUT2D eigenvalue weighted by Gasteiger charge is -2.41. The molecule has 114 valence electrons. The number of thiophene rings is 1. The number of anilines is 2. The smallest absolute Gasteiger partial charge is 0.350 e. The lowest BCUT2D eigenvalue weighted by atomic mass is 9.67. The molecule has 0 saturated heterocycles. The number of nitrogen functional groups attached to an aromatic ring is 1. The van der Waals surface area contributed by atoms with Crippen molar-refractivity contribution < 1.29 is 9.53 Å². The van der Waals surface area contributed by atoms with Crippen LogP contribution in [0.1, 0.15) is 54.8 Å². The van der Waals surface area contributed by atoms with Crippen molar-refractivity contribution in [3.8, 4) is 6.07 Å². The molecule has 1 aliphatic carbocycles. The number of rotatable bonds is 6. The number of hydrogen-bond donors (Lipinski definition) is 2. The number of nitriles is 1. The zero-order valence-electron chi connectivity index (χ0n) is 12.5. The summed E-state index contributed by atoms with van der Waals surface area (Å²) in [5.74, 6) is -0.460. The minimum absolute atomic E-state index is 0.225. The van der Waals surface area contributed by atoms with Gasteiger partial charge in [-0.15, -0.1) is 11.3 Å². The molecule has 3 N–H and O–H groups in total. The van der Waals surface area contributed by atoms with Crippen molar-refractivity contribution in [3.05, 3.63) is 10.4 Å². The number of carbonyl (C=O) groups excluding carboxylic acids is 1. The van der Waals surface area contributed by atoms with Crippen molar-refractivity contribution in [2.75, 3.05) is 24.2 Å². The molecule has 2 rings (SSSR count). The highest BCUT2D eigenvalue weighted by Crippen LogP contribution is 2.45. The lowest BCUT2D eigenvalue weighted by Crippen LogP contribution is -2.35. The summed E-state index contributed by atoms with van der Waals surface area (Å²) < 4.78 is 4.97. The minimum atomic E-state index is -0.460. The quantitative estimate of drug-likeness (QED) is 0.787. The van der Waals surface area contributed by atoms with E-state index in [1.807, 2.05) is 0 Å². The number of nitrogens with zero attached hydrogens (tertiary/aromatic N) is 1. The van der Waals surface area contributed by atoms with Gasteiger partial charge in [-0.25, -0.2) is 4.79 Å². The number of carbonyl (C=O) groups is 1. The Morgan fingerprint density at radius 3 is 2.71 bits per heavy atom. The van der Waals surface area contributed by atoms with E-state index in [2.05, 4.69) is 18.3 Å². The molecule has 0 atom stereocenters. The van der Waals surface area contributed by atoms with E-state index in [4.69, 9.17) is 10.5 Å². The van der Waals surface area contributed by atoms with Crippen molar-refractivity contribution in [2.45, 2.75) is 39.5 Å². The van der Waals surface area contributed by atoms with Crippen LogP contribution in [-0.2, 0) is 4.74 Å². The topological polar surface area (TPSA) is 88.1 Å². The maximum atomic E-state index is 11.8. The largest absolute Gasteiger partial charge is 0.462 e. The second kappa shape index (κ2) is 6.35. The van der Waals surface area contributed by atoms with Crippen LogP contribution in [0.4, 0.5) is 10.7 Å². The van der Waals surface area contributed by atoms with Crippen LogP contribution in [0.2, 0.25) is 0 Å². The van der Waals surface area contributed by atoms with Crippen LogP contribution in [0.3, 0.4) is 0 Å². The molecule has 1 aliphatic rings. The molecule has 21 heavy (non-hydrogen) atoms. The van der Waals surface area contributed by atoms with Gasteiger partial charge in [0.25, 0.3) is 0 Å². The molecule has 1 fully saturated rings. The molecule has 0 spiro atoms. The molecule has 1 heterocycles. The summed E-state index contributed by atoms with van der Waals surface area (Å²) in [7, 11) is 0. The average molecular weight is 307 g/mol. The lowest BCUT2D eigenvalue weighted by molar-refractivity contribution is 0.0533. The van der Waals surface area contributed by atoms with Crippen LogP contribution in [0, 0.1) is 16.7 Å². The minimum Gasteiger partial charge on any atom is -0.462 e. The van der Waals surface area contributed by atoms with Gasteiger partial charge in [-0.1, -0.05) is 13.3 Å². The third kappa shape index (κ3) is 2.98. The number of ether oxygens (including phenoxy) is 1. The molecule has 0 bridgehead atoms. The molecule has 1 saturated carbocycles. The van der Waals surface area contributed by atoms with Gasteiger partial charge in [-0.2, -0.15) is 5.26 Å². The Morgan fingerprint density at radius 1 is 1.52 bits per heavy atom. The summed E-state index contributed by atoms with van der Waals surface area (Å²) >= 11 is 1.21. The highest BCUT2D eigenvalue weighted by molar-refractivity contribution is 7.18. The van der Waals surface area contributed by atoms with E-state index in [0.29, 0.717) is 27.5 Å². The number of nitrogens with one attached hydrogen (secondary N) is 1. The highest BCUT2D eigenvalue weighted by Gasteiger charge is 2.35. The predicted molar refractivity (Wildman–Crippen MR) is 84.5 cm³/mol. The molecule has 0 aliphatic heterocycles. The Bertz CT molecular complexity index is 565. The summed E-state index contributed by atoms with van der Waals surface area (Å²) in [5, 5.41) is 13.3. The van der Waals surface area contributed by atoms with Gasteiger partial charge in [0.15, 0.2) is 0 Å². The predicted octanol–water partition coefficient (Wildman–Crippen LogP) is 3.37. The van der Waals surface area contributed by atoms with Gasteiger partial charge in [-0.3, -0.25) is 0 Å². The van der Waals surface area contributed by atoms with Gasteiger partial charge in [-0.05, 0) is 31.6 Å². The monoisotopic (exact) mass is 307 g/mol. The van der Waals surface area contributed by atoms with E-state index >= 15 is 0 Å². The average Bonchev–Trinajstić information content (AvgIpc) is 2.75. The van der Waals surface area contributed by atoms with Crippen LogP contribution in [0.5, 0.6) is 0 Å². The molecule has 5 nitrogen and oxygen atoms in total. The maximum Gasteiger partial charge on any atom is 0.350 e. The summed E-state index contributed by atoms with van der Waals surface area (Å²) in [5.41, 5.74) is 6.82. The molecule has 0 amide bonds. The Hall–Kier alpha value is -1.74. The molecular weight excluding hydrogens is 286 g/mol. The van der Waals surface area contributed by atoms with Crippen LogP contribution in [0.25, 0.3) is 0 Å². The third-order valence-electron chi connectivity index (χ3n) is 4.31. The Labute approximate surface area is 129 Å². The standard InChI is InChI=1S/C15H21N3O2S/c1-3-15(6-5-7-15)9-18-13-10(8-16)11(17)12(21-13)14(19)20-4-2/h18H,3-7,9,17H2,1-2H3. The molecule has 1 aromatic heterocycles. The Kier molecular flexibility index (Phi) is 4.73. The molecule has 0 unspecified atom stereocenters. The first kappa shape index (κ1) is 15.6. The second-order valence-electron chi connectivity index (χ2n) is 5.44. The number of nitrogens with two attached hydrogens (primary N) is 1. The summed E-state index contributed by atoms with van der Waals surface area (Å²) in [6, 6.07) is 2.09. The molecule has 1 aromatic rings. The SMILES string of the molecule is CCOC(=O)c1sc(NCC2(CC)CCC2)c(C#N)c1N. The van der Waals surface area contributed by atoms with Gasteiger partial charge in [0, 0.05) is 6.54 Å². The van der Waals surface area contributed by atoms with E-state index < -0.39 is 5.97 Å². The van der Waals surface area contributed by atoms with Crippen LogP contribution in [-0.4, -0.2) is 19.1 Å². The van der Waals surface area contributed by atoms with E-state index in [1.54, 1.807) is 6.92 Å². The van der Waals surface area contributed by atoms with E-state index in [0.717, 1.165) is 13.0 Å². The number of hydrogen-bond acceptors (Lipinski definition) is 6. The normalized spacial score (nSPS) is 15.9. The van der Waals surface area contributed by atoms with Crippen molar-refractivity contribution >= 4 is 28.0 Å².